The molecule has 4 aliphatic rings. The zero-order valence-electron chi connectivity index (χ0n) is 16.8. The smallest absolute Gasteiger partial charge is 0.0497 e. The van der Waals surface area contributed by atoms with Gasteiger partial charge in [-0.2, -0.15) is 0 Å². The first-order chi connectivity index (χ1) is 13.1. The Labute approximate surface area is 163 Å². The highest BCUT2D eigenvalue weighted by Crippen LogP contribution is 2.69. The van der Waals surface area contributed by atoms with E-state index in [1.807, 2.05) is 0 Å². The Bertz CT molecular complexity index is 1050. The fourth-order valence-corrected chi connectivity index (χ4v) is 7.07. The molecule has 0 saturated carbocycles. The molecule has 5 atom stereocenters. The van der Waals surface area contributed by atoms with Crippen LogP contribution in [-0.2, 0) is 5.41 Å². The van der Waals surface area contributed by atoms with Crippen molar-refractivity contribution in [1.29, 1.82) is 0 Å². The molecule has 4 aliphatic carbocycles. The molecule has 1 spiro atoms. The maximum Gasteiger partial charge on any atom is 0.0497 e. The first kappa shape index (κ1) is 15.9. The van der Waals surface area contributed by atoms with Crippen LogP contribution in [0.2, 0.25) is 0 Å². The molecule has 2 aromatic carbocycles. The lowest BCUT2D eigenvalue weighted by atomic mass is 9.64. The van der Waals surface area contributed by atoms with Crippen LogP contribution in [0.1, 0.15) is 68.7 Å². The summed E-state index contributed by atoms with van der Waals surface area (Å²) >= 11 is 0. The van der Waals surface area contributed by atoms with Crippen LogP contribution in [0.3, 0.4) is 0 Å². The zero-order chi connectivity index (χ0) is 18.5. The first-order valence-corrected chi connectivity index (χ1v) is 10.7. The molecular weight excluding hydrogens is 324 g/mol. The van der Waals surface area contributed by atoms with Crippen LogP contribution in [0.5, 0.6) is 0 Å². The topological polar surface area (TPSA) is 0 Å². The average Bonchev–Trinajstić information content (AvgIpc) is 3.34. The molecule has 0 N–H and O–H groups in total. The highest BCUT2D eigenvalue weighted by Gasteiger charge is 2.59. The van der Waals surface area contributed by atoms with Crippen molar-refractivity contribution in [2.75, 3.05) is 0 Å². The molecule has 27 heavy (non-hydrogen) atoms. The number of hydrogen-bond donors (Lipinski definition) is 0. The second-order valence-corrected chi connectivity index (χ2v) is 9.52. The Balaban J connectivity index is 1.71. The predicted molar refractivity (Wildman–Crippen MR) is 113 cm³/mol. The molecule has 0 aromatic heterocycles. The maximum atomic E-state index is 2.51. The van der Waals surface area contributed by atoms with Gasteiger partial charge in [0, 0.05) is 5.41 Å². The van der Waals surface area contributed by atoms with Gasteiger partial charge in [-0.1, -0.05) is 81.8 Å². The second-order valence-electron chi connectivity index (χ2n) is 9.52. The summed E-state index contributed by atoms with van der Waals surface area (Å²) in [4.78, 5) is 0. The molecule has 0 radical (unpaired) electrons. The Kier molecular flexibility index (Phi) is 2.97. The van der Waals surface area contributed by atoms with E-state index < -0.39 is 0 Å². The third-order valence-electron chi connectivity index (χ3n) is 8.67. The maximum absolute atomic E-state index is 2.51. The number of allylic oxidation sites excluding steroid dienone is 4. The molecule has 0 aliphatic heterocycles. The Morgan fingerprint density at radius 3 is 2.30 bits per heavy atom. The minimum absolute atomic E-state index is 0.0722. The standard InChI is InChI=1S/C27H28/c1-15-13-22-21(16(15)2)14-23-20-10-6-8-12-25(20)27(26(22)23)18(4)17(3)19-9-5-7-11-24(19)27/h5-12,15-18H,13-14H2,1-4H3/t15-,16-,17+,18-,27?/m1/s1. The van der Waals surface area contributed by atoms with E-state index >= 15 is 0 Å². The molecule has 0 bridgehead atoms. The largest absolute Gasteiger partial charge is 0.0620 e. The summed E-state index contributed by atoms with van der Waals surface area (Å²) in [7, 11) is 0. The summed E-state index contributed by atoms with van der Waals surface area (Å²) in [6.07, 6.45) is 2.46. The van der Waals surface area contributed by atoms with Gasteiger partial charge < -0.3 is 0 Å². The van der Waals surface area contributed by atoms with Crippen LogP contribution in [0.15, 0.2) is 65.3 Å². The van der Waals surface area contributed by atoms with E-state index in [-0.39, 0.29) is 5.41 Å². The van der Waals surface area contributed by atoms with Crippen molar-refractivity contribution >= 4 is 5.57 Å². The zero-order valence-corrected chi connectivity index (χ0v) is 16.8. The van der Waals surface area contributed by atoms with Crippen LogP contribution < -0.4 is 0 Å². The van der Waals surface area contributed by atoms with Crippen LogP contribution in [0, 0.1) is 17.8 Å². The van der Waals surface area contributed by atoms with Crippen molar-refractivity contribution in [1.82, 2.24) is 0 Å². The lowest BCUT2D eigenvalue weighted by molar-refractivity contribution is 0.393. The fourth-order valence-electron chi connectivity index (χ4n) is 7.07. The minimum Gasteiger partial charge on any atom is -0.0620 e. The number of fused-ring (bicyclic) bond motifs is 7. The molecule has 0 heterocycles. The van der Waals surface area contributed by atoms with Gasteiger partial charge in [0.1, 0.15) is 0 Å². The van der Waals surface area contributed by atoms with Gasteiger partial charge >= 0.3 is 0 Å². The van der Waals surface area contributed by atoms with Crippen molar-refractivity contribution in [3.05, 3.63) is 87.5 Å². The van der Waals surface area contributed by atoms with Crippen LogP contribution >= 0.6 is 0 Å². The van der Waals surface area contributed by atoms with Crippen LogP contribution in [0.25, 0.3) is 5.57 Å². The molecule has 0 fully saturated rings. The van der Waals surface area contributed by atoms with E-state index in [0.717, 1.165) is 11.8 Å². The molecule has 0 saturated heterocycles. The first-order valence-electron chi connectivity index (χ1n) is 10.7. The molecule has 6 rings (SSSR count). The van der Waals surface area contributed by atoms with Gasteiger partial charge in [-0.15, -0.1) is 0 Å². The number of rotatable bonds is 0. The quantitative estimate of drug-likeness (QED) is 0.485. The molecule has 136 valence electrons. The molecule has 0 nitrogen and oxygen atoms in total. The lowest BCUT2D eigenvalue weighted by Crippen LogP contribution is -2.33. The summed E-state index contributed by atoms with van der Waals surface area (Å²) in [6.45, 7) is 9.87. The van der Waals surface area contributed by atoms with Crippen molar-refractivity contribution in [2.24, 2.45) is 17.8 Å². The monoisotopic (exact) mass is 352 g/mol. The summed E-state index contributed by atoms with van der Waals surface area (Å²) < 4.78 is 0. The van der Waals surface area contributed by atoms with E-state index in [0.29, 0.717) is 11.8 Å². The van der Waals surface area contributed by atoms with Crippen molar-refractivity contribution in [3.63, 3.8) is 0 Å². The van der Waals surface area contributed by atoms with Gasteiger partial charge in [0.2, 0.25) is 0 Å². The molecule has 0 heteroatoms. The molecular formula is C27H28. The third kappa shape index (κ3) is 1.63. The van der Waals surface area contributed by atoms with Crippen LogP contribution in [0.4, 0.5) is 0 Å². The Morgan fingerprint density at radius 1 is 0.778 bits per heavy atom. The van der Waals surface area contributed by atoms with E-state index in [4.69, 9.17) is 0 Å². The summed E-state index contributed by atoms with van der Waals surface area (Å²) in [6, 6.07) is 18.6. The third-order valence-corrected chi connectivity index (χ3v) is 8.67. The highest BCUT2D eigenvalue weighted by molar-refractivity contribution is 5.92. The average molecular weight is 353 g/mol. The molecule has 0 amide bonds. The van der Waals surface area contributed by atoms with E-state index in [9.17, 15) is 0 Å². The van der Waals surface area contributed by atoms with E-state index in [1.165, 1.54) is 18.4 Å². The number of benzene rings is 2. The van der Waals surface area contributed by atoms with Gasteiger partial charge in [0.05, 0.1) is 0 Å². The molecule has 1 unspecified atom stereocenters. The van der Waals surface area contributed by atoms with Gasteiger partial charge in [-0.05, 0) is 75.5 Å². The SMILES string of the molecule is C[C@@H]1CC2=C(CC3=C2C2(c4ccccc43)c3ccccc3[C@@H](C)[C@H]2C)[C@@H]1C. The Hall–Kier alpha value is -2.08. The minimum atomic E-state index is 0.0722. The van der Waals surface area contributed by atoms with Gasteiger partial charge in [-0.25, -0.2) is 0 Å². The van der Waals surface area contributed by atoms with Gasteiger partial charge in [0.25, 0.3) is 0 Å². The number of hydrogen-bond acceptors (Lipinski definition) is 0. The Morgan fingerprint density at radius 2 is 1.48 bits per heavy atom. The lowest BCUT2D eigenvalue weighted by Gasteiger charge is -2.37. The summed E-state index contributed by atoms with van der Waals surface area (Å²) in [5.41, 5.74) is 13.2. The van der Waals surface area contributed by atoms with E-state index in [2.05, 4.69) is 76.2 Å². The molecule has 2 aromatic rings. The normalized spacial score (nSPS) is 35.7. The summed E-state index contributed by atoms with van der Waals surface area (Å²) in [5.74, 6) is 2.72. The second kappa shape index (κ2) is 5.04. The summed E-state index contributed by atoms with van der Waals surface area (Å²) in [5, 5.41) is 0. The van der Waals surface area contributed by atoms with Crippen LogP contribution in [-0.4, -0.2) is 0 Å². The van der Waals surface area contributed by atoms with Gasteiger partial charge in [-0.3, -0.25) is 0 Å². The fraction of sp³-hybridized carbons (Fsp3) is 0.407. The van der Waals surface area contributed by atoms with E-state index in [1.54, 1.807) is 39.0 Å². The predicted octanol–water partition coefficient (Wildman–Crippen LogP) is 6.87. The van der Waals surface area contributed by atoms with Gasteiger partial charge in [0.15, 0.2) is 0 Å². The highest BCUT2D eigenvalue weighted by atomic mass is 14.6. The van der Waals surface area contributed by atoms with Crippen molar-refractivity contribution in [3.8, 4) is 0 Å². The van der Waals surface area contributed by atoms with Crippen molar-refractivity contribution in [2.45, 2.75) is 51.9 Å². The van der Waals surface area contributed by atoms with Crippen molar-refractivity contribution < 1.29 is 0 Å².